The molecule has 7 heteroatoms. The normalized spacial score (nSPS) is 12.6. The van der Waals surface area contributed by atoms with Crippen molar-refractivity contribution < 1.29 is 23.0 Å². The first-order valence-corrected chi connectivity index (χ1v) is 7.50. The second kappa shape index (κ2) is 9.25. The van der Waals surface area contributed by atoms with Crippen molar-refractivity contribution in [1.29, 1.82) is 0 Å². The number of halogens is 2. The average Bonchev–Trinajstić information content (AvgIpc) is 2.27. The molecule has 132 valence electrons. The first-order chi connectivity index (χ1) is 9.93. The summed E-state index contributed by atoms with van der Waals surface area (Å²) in [6, 6.07) is 0. The minimum absolute atomic E-state index is 0.215. The number of ether oxygens (including phenoxy) is 2. The second-order valence-electron chi connectivity index (χ2n) is 7.02. The third-order valence-electron chi connectivity index (χ3n) is 2.60. The Morgan fingerprint density at radius 1 is 1.14 bits per heavy atom. The first-order valence-electron chi connectivity index (χ1n) is 7.50. The standard InChI is InChI=1S/C15H30F2N2O3/c1-14(2,3)19(13(20)22-15(4,5)6)9-7-18-8-10-21-11-12(16)17/h12,18H,7-11H2,1-6H3. The summed E-state index contributed by atoms with van der Waals surface area (Å²) in [6.45, 7) is 12.4. The fraction of sp³-hybridized carbons (Fsp3) is 0.933. The van der Waals surface area contributed by atoms with Gasteiger partial charge in [-0.1, -0.05) is 0 Å². The molecule has 0 aromatic rings. The van der Waals surface area contributed by atoms with Crippen LogP contribution in [0.3, 0.4) is 0 Å². The van der Waals surface area contributed by atoms with E-state index in [-0.39, 0.29) is 18.2 Å². The molecule has 0 bridgehead atoms. The Kier molecular flexibility index (Phi) is 8.85. The van der Waals surface area contributed by atoms with Crippen molar-refractivity contribution in [2.75, 3.05) is 32.8 Å². The molecular formula is C15H30F2N2O3. The van der Waals surface area contributed by atoms with Crippen LogP contribution in [0.4, 0.5) is 13.6 Å². The number of carbonyl (C=O) groups is 1. The lowest BCUT2D eigenvalue weighted by Gasteiger charge is -2.36. The van der Waals surface area contributed by atoms with Crippen molar-refractivity contribution in [3.63, 3.8) is 0 Å². The molecule has 0 saturated heterocycles. The highest BCUT2D eigenvalue weighted by molar-refractivity contribution is 5.69. The van der Waals surface area contributed by atoms with Crippen LogP contribution in [0.5, 0.6) is 0 Å². The van der Waals surface area contributed by atoms with Crippen molar-refractivity contribution in [2.45, 2.75) is 59.1 Å². The third kappa shape index (κ3) is 10.7. The summed E-state index contributed by atoms with van der Waals surface area (Å²) in [6.07, 6.45) is -2.81. The van der Waals surface area contributed by atoms with Gasteiger partial charge in [0.25, 0.3) is 6.43 Å². The number of hydrogen-bond donors (Lipinski definition) is 1. The van der Waals surface area contributed by atoms with Crippen LogP contribution in [-0.4, -0.2) is 61.4 Å². The zero-order chi connectivity index (χ0) is 17.4. The topological polar surface area (TPSA) is 50.8 Å². The van der Waals surface area contributed by atoms with Crippen molar-refractivity contribution >= 4 is 6.09 Å². The maximum absolute atomic E-state index is 12.2. The van der Waals surface area contributed by atoms with Gasteiger partial charge in [0.1, 0.15) is 12.2 Å². The highest BCUT2D eigenvalue weighted by Crippen LogP contribution is 2.17. The van der Waals surface area contributed by atoms with Gasteiger partial charge in [-0.2, -0.15) is 0 Å². The van der Waals surface area contributed by atoms with Crippen LogP contribution in [-0.2, 0) is 9.47 Å². The average molecular weight is 324 g/mol. The Balaban J connectivity index is 4.15. The van der Waals surface area contributed by atoms with Gasteiger partial charge < -0.3 is 19.7 Å². The van der Waals surface area contributed by atoms with Gasteiger partial charge in [0.05, 0.1) is 6.61 Å². The number of amides is 1. The van der Waals surface area contributed by atoms with E-state index >= 15 is 0 Å². The molecule has 0 aliphatic rings. The maximum atomic E-state index is 12.2. The summed E-state index contributed by atoms with van der Waals surface area (Å²) >= 11 is 0. The van der Waals surface area contributed by atoms with Gasteiger partial charge in [-0.3, -0.25) is 0 Å². The Hall–Kier alpha value is -0.950. The number of carbonyl (C=O) groups excluding carboxylic acids is 1. The molecule has 0 aliphatic carbocycles. The zero-order valence-electron chi connectivity index (χ0n) is 14.5. The summed E-state index contributed by atoms with van der Waals surface area (Å²) in [5.74, 6) is 0. The Morgan fingerprint density at radius 3 is 2.18 bits per heavy atom. The fourth-order valence-corrected chi connectivity index (χ4v) is 1.65. The number of nitrogens with one attached hydrogen (secondary N) is 1. The van der Waals surface area contributed by atoms with Gasteiger partial charge in [-0.05, 0) is 41.5 Å². The third-order valence-corrected chi connectivity index (χ3v) is 2.60. The van der Waals surface area contributed by atoms with Gasteiger partial charge >= 0.3 is 6.09 Å². The van der Waals surface area contributed by atoms with Crippen molar-refractivity contribution in [3.05, 3.63) is 0 Å². The zero-order valence-corrected chi connectivity index (χ0v) is 14.5. The van der Waals surface area contributed by atoms with Crippen LogP contribution in [0.25, 0.3) is 0 Å². The van der Waals surface area contributed by atoms with Crippen LogP contribution in [0.2, 0.25) is 0 Å². The smallest absolute Gasteiger partial charge is 0.410 e. The molecule has 0 heterocycles. The van der Waals surface area contributed by atoms with Crippen molar-refractivity contribution in [1.82, 2.24) is 10.2 Å². The van der Waals surface area contributed by atoms with E-state index in [1.165, 1.54) is 0 Å². The molecule has 22 heavy (non-hydrogen) atoms. The van der Waals surface area contributed by atoms with Gasteiger partial charge in [0, 0.05) is 25.2 Å². The monoisotopic (exact) mass is 324 g/mol. The van der Waals surface area contributed by atoms with Crippen LogP contribution in [0.15, 0.2) is 0 Å². The number of alkyl halides is 2. The molecule has 1 amide bonds. The molecule has 0 unspecified atom stereocenters. The maximum Gasteiger partial charge on any atom is 0.410 e. The van der Waals surface area contributed by atoms with Gasteiger partial charge in [0.2, 0.25) is 0 Å². The summed E-state index contributed by atoms with van der Waals surface area (Å²) in [7, 11) is 0. The van der Waals surface area contributed by atoms with E-state index in [0.717, 1.165) is 0 Å². The van der Waals surface area contributed by atoms with Crippen LogP contribution >= 0.6 is 0 Å². The molecule has 0 fully saturated rings. The minimum atomic E-state index is -2.44. The van der Waals surface area contributed by atoms with Gasteiger partial charge in [-0.25, -0.2) is 13.6 Å². The van der Waals surface area contributed by atoms with Gasteiger partial charge in [0.15, 0.2) is 0 Å². The fourth-order valence-electron chi connectivity index (χ4n) is 1.65. The number of hydrogen-bond acceptors (Lipinski definition) is 4. The number of nitrogens with zero attached hydrogens (tertiary/aromatic N) is 1. The summed E-state index contributed by atoms with van der Waals surface area (Å²) in [5, 5.41) is 3.06. The molecule has 0 spiro atoms. The molecule has 0 rings (SSSR count). The lowest BCUT2D eigenvalue weighted by Crippen LogP contribution is -2.50. The Bertz CT molecular complexity index is 326. The van der Waals surface area contributed by atoms with E-state index in [4.69, 9.17) is 9.47 Å². The first kappa shape index (κ1) is 21.0. The molecule has 0 aliphatic heterocycles. The molecule has 0 aromatic heterocycles. The molecule has 1 N–H and O–H groups in total. The summed E-state index contributed by atoms with van der Waals surface area (Å²) in [5.41, 5.74) is -0.909. The molecule has 5 nitrogen and oxygen atoms in total. The van der Waals surface area contributed by atoms with Gasteiger partial charge in [-0.15, -0.1) is 0 Å². The van der Waals surface area contributed by atoms with Crippen LogP contribution in [0.1, 0.15) is 41.5 Å². The Morgan fingerprint density at radius 2 is 1.73 bits per heavy atom. The highest BCUT2D eigenvalue weighted by atomic mass is 19.3. The SMILES string of the molecule is CC(C)(C)OC(=O)N(CCNCCOCC(F)F)C(C)(C)C. The molecule has 0 radical (unpaired) electrons. The quantitative estimate of drug-likeness (QED) is 0.698. The second-order valence-corrected chi connectivity index (χ2v) is 7.02. The van der Waals surface area contributed by atoms with E-state index in [2.05, 4.69) is 5.32 Å². The van der Waals surface area contributed by atoms with E-state index in [9.17, 15) is 13.6 Å². The lowest BCUT2D eigenvalue weighted by atomic mass is 10.1. The van der Waals surface area contributed by atoms with E-state index in [1.807, 2.05) is 41.5 Å². The van der Waals surface area contributed by atoms with Crippen molar-refractivity contribution in [2.24, 2.45) is 0 Å². The molecule has 0 atom stereocenters. The van der Waals surface area contributed by atoms with E-state index < -0.39 is 18.6 Å². The summed E-state index contributed by atoms with van der Waals surface area (Å²) < 4.78 is 33.9. The number of rotatable bonds is 8. The molecule has 0 saturated carbocycles. The van der Waals surface area contributed by atoms with Crippen LogP contribution in [0, 0.1) is 0 Å². The highest BCUT2D eigenvalue weighted by Gasteiger charge is 2.30. The van der Waals surface area contributed by atoms with E-state index in [0.29, 0.717) is 19.6 Å². The Labute approximate surface area is 132 Å². The predicted octanol–water partition coefficient (Wildman–Crippen LogP) is 2.89. The van der Waals surface area contributed by atoms with E-state index in [1.54, 1.807) is 4.90 Å². The van der Waals surface area contributed by atoms with Crippen LogP contribution < -0.4 is 5.32 Å². The largest absolute Gasteiger partial charge is 0.444 e. The molecule has 0 aromatic carbocycles. The lowest BCUT2D eigenvalue weighted by molar-refractivity contribution is 0.00566. The minimum Gasteiger partial charge on any atom is -0.444 e. The summed E-state index contributed by atoms with van der Waals surface area (Å²) in [4.78, 5) is 13.9. The predicted molar refractivity (Wildman–Crippen MR) is 82.4 cm³/mol. The van der Waals surface area contributed by atoms with Crippen molar-refractivity contribution in [3.8, 4) is 0 Å². The molecular weight excluding hydrogens is 294 g/mol.